The number of carbonyl (C=O) groups is 1. The zero-order chi connectivity index (χ0) is 21.1. The molecule has 0 aliphatic carbocycles. The molecule has 0 saturated carbocycles. The number of thiophene rings is 1. The Hall–Kier alpha value is -2.54. The van der Waals surface area contributed by atoms with E-state index in [2.05, 4.69) is 21.9 Å². The Labute approximate surface area is 175 Å². The van der Waals surface area contributed by atoms with Crippen molar-refractivity contribution in [1.29, 1.82) is 0 Å². The van der Waals surface area contributed by atoms with Gasteiger partial charge in [-0.3, -0.25) is 4.79 Å². The van der Waals surface area contributed by atoms with Gasteiger partial charge in [-0.05, 0) is 42.5 Å². The van der Waals surface area contributed by atoms with E-state index in [0.29, 0.717) is 24.5 Å². The number of amides is 1. The summed E-state index contributed by atoms with van der Waals surface area (Å²) in [5, 5.41) is 4.65. The molecule has 2 rings (SSSR count). The second-order valence-corrected chi connectivity index (χ2v) is 8.92. The monoisotopic (exact) mass is 436 g/mol. The van der Waals surface area contributed by atoms with Crippen LogP contribution in [0.1, 0.15) is 17.4 Å². The SMILES string of the molecule is CCS(=O)(=O)NCC(=O)NCCc1ccc(OCC#Cc2cccs2)c(OC)c1. The summed E-state index contributed by atoms with van der Waals surface area (Å²) in [5.74, 6) is 6.73. The summed E-state index contributed by atoms with van der Waals surface area (Å²) in [6.07, 6.45) is 0.571. The van der Waals surface area contributed by atoms with Crippen molar-refractivity contribution in [2.45, 2.75) is 13.3 Å². The van der Waals surface area contributed by atoms with Crippen molar-refractivity contribution in [2.75, 3.05) is 32.6 Å². The lowest BCUT2D eigenvalue weighted by Crippen LogP contribution is -2.38. The highest BCUT2D eigenvalue weighted by atomic mass is 32.2. The minimum Gasteiger partial charge on any atom is -0.493 e. The molecule has 7 nitrogen and oxygen atoms in total. The van der Waals surface area contributed by atoms with Gasteiger partial charge in [-0.2, -0.15) is 0 Å². The molecule has 0 radical (unpaired) electrons. The van der Waals surface area contributed by atoms with Gasteiger partial charge in [-0.15, -0.1) is 11.3 Å². The van der Waals surface area contributed by atoms with Gasteiger partial charge in [-0.1, -0.05) is 24.0 Å². The normalized spacial score (nSPS) is 10.7. The molecule has 0 aliphatic heterocycles. The predicted octanol–water partition coefficient (Wildman–Crippen LogP) is 1.79. The summed E-state index contributed by atoms with van der Waals surface area (Å²) in [6.45, 7) is 1.87. The highest BCUT2D eigenvalue weighted by Gasteiger charge is 2.10. The molecular weight excluding hydrogens is 412 g/mol. The molecule has 1 aromatic carbocycles. The number of methoxy groups -OCH3 is 1. The molecule has 156 valence electrons. The zero-order valence-electron chi connectivity index (χ0n) is 16.4. The van der Waals surface area contributed by atoms with E-state index >= 15 is 0 Å². The first-order valence-corrected chi connectivity index (χ1v) is 11.5. The molecule has 0 bridgehead atoms. The lowest BCUT2D eigenvalue weighted by molar-refractivity contribution is -0.119. The number of nitrogens with one attached hydrogen (secondary N) is 2. The molecule has 2 aromatic rings. The van der Waals surface area contributed by atoms with E-state index in [1.165, 1.54) is 6.92 Å². The van der Waals surface area contributed by atoms with Crippen LogP contribution in [0, 0.1) is 11.8 Å². The van der Waals surface area contributed by atoms with Crippen LogP contribution in [-0.4, -0.2) is 46.9 Å². The molecule has 0 spiro atoms. The van der Waals surface area contributed by atoms with E-state index in [1.807, 2.05) is 29.6 Å². The van der Waals surface area contributed by atoms with Gasteiger partial charge >= 0.3 is 0 Å². The number of ether oxygens (including phenoxy) is 2. The maximum Gasteiger partial charge on any atom is 0.235 e. The minimum atomic E-state index is -3.38. The van der Waals surface area contributed by atoms with E-state index in [0.717, 1.165) is 10.4 Å². The third-order valence-corrected chi connectivity index (χ3v) is 5.96. The Morgan fingerprint density at radius 2 is 2.07 bits per heavy atom. The van der Waals surface area contributed by atoms with Gasteiger partial charge in [-0.25, -0.2) is 13.1 Å². The standard InChI is InChI=1S/C20H24N2O5S2/c1-3-29(24,25)22-15-20(23)21-11-10-16-8-9-18(19(14-16)26-2)27-12-4-6-17-7-5-13-28-17/h5,7-9,13-14,22H,3,10-12,15H2,1-2H3,(H,21,23). The predicted molar refractivity (Wildman–Crippen MR) is 114 cm³/mol. The lowest BCUT2D eigenvalue weighted by Gasteiger charge is -2.11. The fourth-order valence-corrected chi connectivity index (χ4v) is 3.41. The highest BCUT2D eigenvalue weighted by Crippen LogP contribution is 2.28. The molecule has 1 heterocycles. The summed E-state index contributed by atoms with van der Waals surface area (Å²) >= 11 is 1.58. The summed E-state index contributed by atoms with van der Waals surface area (Å²) < 4.78 is 35.9. The summed E-state index contributed by atoms with van der Waals surface area (Å²) in [5.41, 5.74) is 0.952. The van der Waals surface area contributed by atoms with Crippen molar-refractivity contribution >= 4 is 27.3 Å². The van der Waals surface area contributed by atoms with Crippen LogP contribution in [0.25, 0.3) is 0 Å². The average molecular weight is 437 g/mol. The topological polar surface area (TPSA) is 93.7 Å². The van der Waals surface area contributed by atoms with Gasteiger partial charge in [0.1, 0.15) is 6.61 Å². The van der Waals surface area contributed by atoms with Crippen LogP contribution in [0.15, 0.2) is 35.7 Å². The van der Waals surface area contributed by atoms with Crippen LogP contribution in [-0.2, 0) is 21.2 Å². The van der Waals surface area contributed by atoms with Crippen molar-refractivity contribution in [1.82, 2.24) is 10.0 Å². The number of sulfonamides is 1. The molecule has 9 heteroatoms. The summed E-state index contributed by atoms with van der Waals surface area (Å²) in [6, 6.07) is 9.43. The third-order valence-electron chi connectivity index (χ3n) is 3.83. The number of carbonyl (C=O) groups excluding carboxylic acids is 1. The number of hydrogen-bond acceptors (Lipinski definition) is 6. The van der Waals surface area contributed by atoms with Gasteiger partial charge < -0.3 is 14.8 Å². The first kappa shape index (κ1) is 22.7. The molecule has 2 N–H and O–H groups in total. The molecule has 0 saturated heterocycles. The molecule has 0 aliphatic rings. The first-order chi connectivity index (χ1) is 13.9. The molecule has 1 aromatic heterocycles. The molecule has 1 amide bonds. The number of rotatable bonds is 10. The Kier molecular flexibility index (Phi) is 8.99. The summed E-state index contributed by atoms with van der Waals surface area (Å²) in [4.78, 5) is 12.7. The Bertz CT molecular complexity index is 960. The van der Waals surface area contributed by atoms with E-state index in [4.69, 9.17) is 9.47 Å². The second kappa shape index (κ2) is 11.5. The van der Waals surface area contributed by atoms with Crippen LogP contribution < -0.4 is 19.5 Å². The second-order valence-electron chi connectivity index (χ2n) is 5.88. The highest BCUT2D eigenvalue weighted by molar-refractivity contribution is 7.89. The van der Waals surface area contributed by atoms with E-state index in [1.54, 1.807) is 24.5 Å². The zero-order valence-corrected chi connectivity index (χ0v) is 18.0. The van der Waals surface area contributed by atoms with Gasteiger partial charge in [0.25, 0.3) is 0 Å². The molecular formula is C20H24N2O5S2. The fourth-order valence-electron chi connectivity index (χ4n) is 2.26. The van der Waals surface area contributed by atoms with Crippen molar-refractivity contribution in [3.63, 3.8) is 0 Å². The summed E-state index contributed by atoms with van der Waals surface area (Å²) in [7, 11) is -1.82. The van der Waals surface area contributed by atoms with Crippen molar-refractivity contribution in [2.24, 2.45) is 0 Å². The quantitative estimate of drug-likeness (QED) is 0.554. The van der Waals surface area contributed by atoms with Crippen LogP contribution in [0.2, 0.25) is 0 Å². The van der Waals surface area contributed by atoms with Crippen LogP contribution in [0.5, 0.6) is 11.5 Å². The van der Waals surface area contributed by atoms with Crippen LogP contribution in [0.4, 0.5) is 0 Å². The molecule has 0 unspecified atom stereocenters. The Balaban J connectivity index is 1.81. The fraction of sp³-hybridized carbons (Fsp3) is 0.350. The number of hydrogen-bond donors (Lipinski definition) is 2. The van der Waals surface area contributed by atoms with Crippen molar-refractivity contribution in [3.05, 3.63) is 46.2 Å². The van der Waals surface area contributed by atoms with Gasteiger partial charge in [0, 0.05) is 6.54 Å². The largest absolute Gasteiger partial charge is 0.493 e. The third kappa shape index (κ3) is 8.15. The average Bonchev–Trinajstić information content (AvgIpc) is 3.24. The Morgan fingerprint density at radius 3 is 2.76 bits per heavy atom. The molecule has 0 atom stereocenters. The maximum absolute atomic E-state index is 11.7. The smallest absolute Gasteiger partial charge is 0.235 e. The maximum atomic E-state index is 11.7. The lowest BCUT2D eigenvalue weighted by atomic mass is 10.1. The van der Waals surface area contributed by atoms with Gasteiger partial charge in [0.2, 0.25) is 15.9 Å². The van der Waals surface area contributed by atoms with Gasteiger partial charge in [0.05, 0.1) is 24.3 Å². The van der Waals surface area contributed by atoms with E-state index < -0.39 is 10.0 Å². The van der Waals surface area contributed by atoms with E-state index in [9.17, 15) is 13.2 Å². The van der Waals surface area contributed by atoms with Gasteiger partial charge in [0.15, 0.2) is 11.5 Å². The van der Waals surface area contributed by atoms with Crippen molar-refractivity contribution < 1.29 is 22.7 Å². The first-order valence-electron chi connectivity index (χ1n) is 8.99. The minimum absolute atomic E-state index is 0.0614. The van der Waals surface area contributed by atoms with E-state index in [-0.39, 0.29) is 24.8 Å². The molecule has 29 heavy (non-hydrogen) atoms. The van der Waals surface area contributed by atoms with Crippen LogP contribution >= 0.6 is 11.3 Å². The van der Waals surface area contributed by atoms with Crippen LogP contribution in [0.3, 0.4) is 0 Å². The van der Waals surface area contributed by atoms with Crippen molar-refractivity contribution in [3.8, 4) is 23.3 Å². The number of benzene rings is 1. The Morgan fingerprint density at radius 1 is 1.24 bits per heavy atom. The molecule has 0 fully saturated rings.